The molecular formula is C10H16N4OS. The molecule has 0 bridgehead atoms. The second-order valence-corrected chi connectivity index (χ2v) is 4.78. The summed E-state index contributed by atoms with van der Waals surface area (Å²) < 4.78 is 3.75. The van der Waals surface area contributed by atoms with Crippen LogP contribution in [-0.4, -0.2) is 34.6 Å². The molecule has 6 heteroatoms. The van der Waals surface area contributed by atoms with Gasteiger partial charge in [0.2, 0.25) is 0 Å². The summed E-state index contributed by atoms with van der Waals surface area (Å²) in [6.45, 7) is 3.63. The van der Waals surface area contributed by atoms with Crippen LogP contribution in [0, 0.1) is 6.92 Å². The molecule has 1 aromatic heterocycles. The van der Waals surface area contributed by atoms with Gasteiger partial charge in [-0.05, 0) is 44.3 Å². The molecule has 0 aromatic carbocycles. The minimum absolute atomic E-state index is 0.0505. The van der Waals surface area contributed by atoms with E-state index in [1.165, 1.54) is 12.8 Å². The van der Waals surface area contributed by atoms with E-state index in [9.17, 15) is 4.79 Å². The van der Waals surface area contributed by atoms with Crippen LogP contribution in [0.3, 0.4) is 0 Å². The molecule has 1 unspecified atom stereocenters. The second-order valence-electron chi connectivity index (χ2n) is 4.03. The fourth-order valence-electron chi connectivity index (χ4n) is 1.88. The minimum Gasteiger partial charge on any atom is -0.351 e. The van der Waals surface area contributed by atoms with Crippen molar-refractivity contribution in [2.24, 2.45) is 0 Å². The molecule has 16 heavy (non-hydrogen) atoms. The van der Waals surface area contributed by atoms with Gasteiger partial charge in [-0.3, -0.25) is 4.79 Å². The van der Waals surface area contributed by atoms with Crippen molar-refractivity contribution in [2.45, 2.75) is 32.2 Å². The lowest BCUT2D eigenvalue weighted by Crippen LogP contribution is -2.30. The van der Waals surface area contributed by atoms with Gasteiger partial charge in [0.05, 0.1) is 5.69 Å². The summed E-state index contributed by atoms with van der Waals surface area (Å²) in [6.07, 6.45) is 3.46. The van der Waals surface area contributed by atoms with E-state index in [0.717, 1.165) is 24.5 Å². The van der Waals surface area contributed by atoms with Crippen molar-refractivity contribution >= 4 is 17.4 Å². The lowest BCUT2D eigenvalue weighted by molar-refractivity contribution is 0.0955. The van der Waals surface area contributed by atoms with Crippen molar-refractivity contribution < 1.29 is 4.79 Å². The van der Waals surface area contributed by atoms with E-state index in [-0.39, 0.29) is 5.91 Å². The topological polar surface area (TPSA) is 66.9 Å². The normalized spacial score (nSPS) is 19.9. The third-order valence-corrected chi connectivity index (χ3v) is 3.63. The van der Waals surface area contributed by atoms with Crippen LogP contribution in [0.1, 0.15) is 34.6 Å². The molecule has 0 radical (unpaired) electrons. The molecule has 5 nitrogen and oxygen atoms in total. The van der Waals surface area contributed by atoms with Gasteiger partial charge in [0.15, 0.2) is 0 Å². The van der Waals surface area contributed by atoms with Gasteiger partial charge in [0.1, 0.15) is 4.88 Å². The molecule has 2 heterocycles. The van der Waals surface area contributed by atoms with E-state index in [1.54, 1.807) is 6.92 Å². The zero-order valence-electron chi connectivity index (χ0n) is 9.32. The average Bonchev–Trinajstić information content (AvgIpc) is 2.88. The average molecular weight is 240 g/mol. The predicted octanol–water partition coefficient (Wildman–Crippen LogP) is 0.718. The third-order valence-electron chi connectivity index (χ3n) is 2.80. The van der Waals surface area contributed by atoms with Crippen molar-refractivity contribution in [3.63, 3.8) is 0 Å². The third kappa shape index (κ3) is 2.76. The summed E-state index contributed by atoms with van der Waals surface area (Å²) in [5, 5.41) is 10.1. The summed E-state index contributed by atoms with van der Waals surface area (Å²) in [6, 6.07) is 0.570. The number of hydrogen-bond donors (Lipinski definition) is 2. The fraction of sp³-hybridized carbons (Fsp3) is 0.700. The van der Waals surface area contributed by atoms with Crippen molar-refractivity contribution in [3.05, 3.63) is 10.6 Å². The highest BCUT2D eigenvalue weighted by atomic mass is 32.1. The van der Waals surface area contributed by atoms with Gasteiger partial charge in [-0.25, -0.2) is 0 Å². The number of aryl methyl sites for hydroxylation is 1. The molecule has 1 saturated heterocycles. The van der Waals surface area contributed by atoms with E-state index in [0.29, 0.717) is 23.2 Å². The van der Waals surface area contributed by atoms with Crippen LogP contribution < -0.4 is 10.6 Å². The van der Waals surface area contributed by atoms with E-state index in [2.05, 4.69) is 20.2 Å². The zero-order chi connectivity index (χ0) is 11.4. The van der Waals surface area contributed by atoms with Crippen LogP contribution in [-0.2, 0) is 0 Å². The van der Waals surface area contributed by atoms with Crippen molar-refractivity contribution in [2.75, 3.05) is 13.1 Å². The summed E-state index contributed by atoms with van der Waals surface area (Å²) in [4.78, 5) is 12.3. The lowest BCUT2D eigenvalue weighted by atomic mass is 10.1. The SMILES string of the molecule is Cc1nnsc1C(=O)NCCC1CCCN1. The molecule has 1 aliphatic rings. The van der Waals surface area contributed by atoms with Crippen LogP contribution in [0.25, 0.3) is 0 Å². The predicted molar refractivity (Wildman–Crippen MR) is 62.6 cm³/mol. The first-order valence-electron chi connectivity index (χ1n) is 5.58. The standard InChI is InChI=1S/C10H16N4OS/c1-7-9(16-14-13-7)10(15)12-6-4-8-3-2-5-11-8/h8,11H,2-6H2,1H3,(H,12,15). The van der Waals surface area contributed by atoms with Gasteiger partial charge in [0.25, 0.3) is 5.91 Å². The van der Waals surface area contributed by atoms with Gasteiger partial charge in [0, 0.05) is 12.6 Å². The molecule has 0 saturated carbocycles. The molecule has 1 aromatic rings. The minimum atomic E-state index is -0.0505. The first kappa shape index (κ1) is 11.5. The highest BCUT2D eigenvalue weighted by Gasteiger charge is 2.15. The number of amides is 1. The summed E-state index contributed by atoms with van der Waals surface area (Å²) in [7, 11) is 0. The van der Waals surface area contributed by atoms with Gasteiger partial charge < -0.3 is 10.6 Å². The van der Waals surface area contributed by atoms with Crippen molar-refractivity contribution in [1.29, 1.82) is 0 Å². The maximum Gasteiger partial charge on any atom is 0.264 e. The Bertz CT molecular complexity index is 359. The largest absolute Gasteiger partial charge is 0.351 e. The molecule has 0 spiro atoms. The molecule has 0 aliphatic carbocycles. The Balaban J connectivity index is 1.73. The smallest absolute Gasteiger partial charge is 0.264 e. The van der Waals surface area contributed by atoms with Gasteiger partial charge >= 0.3 is 0 Å². The van der Waals surface area contributed by atoms with Crippen molar-refractivity contribution in [3.8, 4) is 0 Å². The van der Waals surface area contributed by atoms with Crippen LogP contribution in [0.15, 0.2) is 0 Å². The van der Waals surface area contributed by atoms with Crippen LogP contribution in [0.4, 0.5) is 0 Å². The summed E-state index contributed by atoms with van der Waals surface area (Å²) in [5.74, 6) is -0.0505. The number of aromatic nitrogens is 2. The summed E-state index contributed by atoms with van der Waals surface area (Å²) >= 11 is 1.15. The lowest BCUT2D eigenvalue weighted by Gasteiger charge is -2.10. The number of carbonyl (C=O) groups is 1. The van der Waals surface area contributed by atoms with Crippen LogP contribution in [0.2, 0.25) is 0 Å². The Hall–Kier alpha value is -1.01. The van der Waals surface area contributed by atoms with Crippen molar-refractivity contribution in [1.82, 2.24) is 20.2 Å². The number of nitrogens with zero attached hydrogens (tertiary/aromatic N) is 2. The van der Waals surface area contributed by atoms with E-state index in [4.69, 9.17) is 0 Å². The Morgan fingerprint density at radius 2 is 2.56 bits per heavy atom. The van der Waals surface area contributed by atoms with Gasteiger partial charge in [-0.15, -0.1) is 5.10 Å². The van der Waals surface area contributed by atoms with E-state index >= 15 is 0 Å². The first-order chi connectivity index (χ1) is 7.77. The molecule has 2 N–H and O–H groups in total. The monoisotopic (exact) mass is 240 g/mol. The highest BCUT2D eigenvalue weighted by molar-refractivity contribution is 7.07. The molecule has 88 valence electrons. The maximum absolute atomic E-state index is 11.7. The molecule has 1 amide bonds. The Kier molecular flexibility index (Phi) is 3.84. The highest BCUT2D eigenvalue weighted by Crippen LogP contribution is 2.10. The maximum atomic E-state index is 11.7. The zero-order valence-corrected chi connectivity index (χ0v) is 10.1. The number of hydrogen-bond acceptors (Lipinski definition) is 5. The Morgan fingerprint density at radius 3 is 3.19 bits per heavy atom. The van der Waals surface area contributed by atoms with Crippen LogP contribution in [0.5, 0.6) is 0 Å². The Morgan fingerprint density at radius 1 is 1.69 bits per heavy atom. The first-order valence-corrected chi connectivity index (χ1v) is 6.35. The van der Waals surface area contributed by atoms with E-state index in [1.807, 2.05) is 0 Å². The molecular weight excluding hydrogens is 224 g/mol. The van der Waals surface area contributed by atoms with Crippen LogP contribution >= 0.6 is 11.5 Å². The fourth-order valence-corrected chi connectivity index (χ4v) is 2.46. The van der Waals surface area contributed by atoms with E-state index < -0.39 is 0 Å². The van der Waals surface area contributed by atoms with Gasteiger partial charge in [-0.1, -0.05) is 4.49 Å². The quantitative estimate of drug-likeness (QED) is 0.813. The number of nitrogens with one attached hydrogen (secondary N) is 2. The second kappa shape index (κ2) is 5.36. The molecule has 1 fully saturated rings. The Labute approximate surface area is 98.8 Å². The number of carbonyl (C=O) groups excluding carboxylic acids is 1. The number of rotatable bonds is 4. The molecule has 2 rings (SSSR count). The summed E-state index contributed by atoms with van der Waals surface area (Å²) in [5.41, 5.74) is 0.710. The van der Waals surface area contributed by atoms with Gasteiger partial charge in [-0.2, -0.15) is 0 Å². The molecule has 1 atom stereocenters. The molecule has 1 aliphatic heterocycles.